The number of pyridine rings is 1. The van der Waals surface area contributed by atoms with E-state index in [0.717, 1.165) is 41.8 Å². The van der Waals surface area contributed by atoms with Crippen LogP contribution in [0.4, 0.5) is 0 Å². The summed E-state index contributed by atoms with van der Waals surface area (Å²) in [7, 11) is -3.63. The van der Waals surface area contributed by atoms with Gasteiger partial charge in [0.1, 0.15) is 17.4 Å². The van der Waals surface area contributed by atoms with Gasteiger partial charge in [0.25, 0.3) is 0 Å². The lowest BCUT2D eigenvalue weighted by Crippen LogP contribution is -2.43. The van der Waals surface area contributed by atoms with Gasteiger partial charge in [0.05, 0.1) is 23.6 Å². The van der Waals surface area contributed by atoms with Gasteiger partial charge < -0.3 is 9.72 Å². The quantitative estimate of drug-likeness (QED) is 0.366. The van der Waals surface area contributed by atoms with Crippen LogP contribution in [0.2, 0.25) is 0 Å². The Balaban J connectivity index is 1.93. The largest absolute Gasteiger partial charge is 0.465 e. The van der Waals surface area contributed by atoms with Crippen molar-refractivity contribution in [3.05, 3.63) is 23.8 Å². The molecule has 2 rings (SSSR count). The van der Waals surface area contributed by atoms with Crippen molar-refractivity contribution >= 4 is 27.0 Å². The molecule has 0 aromatic carbocycles. The number of nitrogens with one attached hydrogen (secondary N) is 2. The third-order valence-electron chi connectivity index (χ3n) is 4.73. The van der Waals surface area contributed by atoms with E-state index in [1.165, 1.54) is 0 Å². The zero-order valence-corrected chi connectivity index (χ0v) is 19.2. The number of esters is 1. The number of carbonyl (C=O) groups excluding carboxylic acids is 1. The van der Waals surface area contributed by atoms with Gasteiger partial charge in [-0.25, -0.2) is 18.1 Å². The molecule has 0 saturated heterocycles. The summed E-state index contributed by atoms with van der Waals surface area (Å²) in [6.45, 7) is 8.16. The average Bonchev–Trinajstić information content (AvgIpc) is 3.05. The van der Waals surface area contributed by atoms with Crippen molar-refractivity contribution in [2.75, 3.05) is 12.4 Å². The molecule has 0 aliphatic heterocycles. The molecule has 8 nitrogen and oxygen atoms in total. The minimum absolute atomic E-state index is 0.0911. The lowest BCUT2D eigenvalue weighted by molar-refractivity contribution is -0.146. The van der Waals surface area contributed by atoms with Crippen molar-refractivity contribution in [2.45, 2.75) is 72.3 Å². The van der Waals surface area contributed by atoms with Gasteiger partial charge in [-0.3, -0.25) is 9.78 Å². The Kier molecular flexibility index (Phi) is 9.23. The predicted octanol–water partition coefficient (Wildman–Crippen LogP) is 3.27. The van der Waals surface area contributed by atoms with E-state index < -0.39 is 22.0 Å². The first-order chi connectivity index (χ1) is 14.2. The van der Waals surface area contributed by atoms with Crippen LogP contribution in [-0.4, -0.2) is 47.7 Å². The minimum Gasteiger partial charge on any atom is -0.465 e. The van der Waals surface area contributed by atoms with Gasteiger partial charge in [0.15, 0.2) is 0 Å². The number of aromatic nitrogens is 3. The van der Waals surface area contributed by atoms with Crippen LogP contribution in [-0.2, 0) is 26.0 Å². The Morgan fingerprint density at radius 1 is 1.27 bits per heavy atom. The molecule has 0 amide bonds. The first-order valence-electron chi connectivity index (χ1n) is 10.7. The smallest absolute Gasteiger partial charge is 0.324 e. The van der Waals surface area contributed by atoms with Crippen LogP contribution >= 0.6 is 0 Å². The second kappa shape index (κ2) is 11.4. The molecule has 168 valence electrons. The van der Waals surface area contributed by atoms with Crippen molar-refractivity contribution in [3.8, 4) is 0 Å². The normalized spacial score (nSPS) is 13.1. The molecule has 0 aliphatic rings. The van der Waals surface area contributed by atoms with Crippen molar-refractivity contribution in [1.82, 2.24) is 19.7 Å². The van der Waals surface area contributed by atoms with Crippen molar-refractivity contribution in [3.63, 3.8) is 0 Å². The fourth-order valence-corrected chi connectivity index (χ4v) is 4.56. The van der Waals surface area contributed by atoms with E-state index in [0.29, 0.717) is 25.9 Å². The van der Waals surface area contributed by atoms with E-state index >= 15 is 0 Å². The molecule has 9 heteroatoms. The predicted molar refractivity (Wildman–Crippen MR) is 118 cm³/mol. The molecule has 0 unspecified atom stereocenters. The maximum atomic E-state index is 12.6. The number of hydrogen-bond acceptors (Lipinski definition) is 6. The molecule has 1 atom stereocenters. The molecule has 2 heterocycles. The highest BCUT2D eigenvalue weighted by molar-refractivity contribution is 7.89. The fraction of sp³-hybridized carbons (Fsp3) is 0.667. The maximum Gasteiger partial charge on any atom is 0.324 e. The molecule has 0 fully saturated rings. The lowest BCUT2D eigenvalue weighted by atomic mass is 10.1. The Hall–Kier alpha value is -2.00. The van der Waals surface area contributed by atoms with Gasteiger partial charge in [0, 0.05) is 6.20 Å². The van der Waals surface area contributed by atoms with Crippen molar-refractivity contribution in [1.29, 1.82) is 0 Å². The first kappa shape index (κ1) is 24.3. The Labute approximate surface area is 179 Å². The number of H-pyrrole nitrogens is 1. The van der Waals surface area contributed by atoms with Gasteiger partial charge >= 0.3 is 5.97 Å². The number of ether oxygens (including phenoxy) is 1. The molecule has 30 heavy (non-hydrogen) atoms. The number of hydrogen-bond donors (Lipinski definition) is 2. The van der Waals surface area contributed by atoms with Crippen LogP contribution in [0, 0.1) is 12.8 Å². The van der Waals surface area contributed by atoms with E-state index in [9.17, 15) is 13.2 Å². The van der Waals surface area contributed by atoms with Crippen LogP contribution in [0.1, 0.15) is 64.4 Å². The van der Waals surface area contributed by atoms with Gasteiger partial charge in [-0.05, 0) is 44.6 Å². The number of aryl methyl sites for hydroxylation is 2. The van der Waals surface area contributed by atoms with Gasteiger partial charge in [-0.1, -0.05) is 33.6 Å². The summed E-state index contributed by atoms with van der Waals surface area (Å²) in [6, 6.07) is 0.993. The summed E-state index contributed by atoms with van der Waals surface area (Å²) in [5.74, 6) is 0.363. The highest BCUT2D eigenvalue weighted by atomic mass is 32.2. The lowest BCUT2D eigenvalue weighted by Gasteiger charge is -2.19. The van der Waals surface area contributed by atoms with Crippen LogP contribution in [0.15, 0.2) is 12.3 Å². The molecule has 0 spiro atoms. The first-order valence-corrected chi connectivity index (χ1v) is 12.3. The molecular formula is C21H34N4O4S. The number of carbonyl (C=O) groups is 1. The zero-order valence-electron chi connectivity index (χ0n) is 18.4. The average molecular weight is 439 g/mol. The highest BCUT2D eigenvalue weighted by Gasteiger charge is 2.26. The Morgan fingerprint density at radius 3 is 2.73 bits per heavy atom. The summed E-state index contributed by atoms with van der Waals surface area (Å²) >= 11 is 0. The number of sulfonamides is 1. The van der Waals surface area contributed by atoms with E-state index in [4.69, 9.17) is 4.74 Å². The number of nitrogens with zero attached hydrogens (tertiary/aromatic N) is 2. The van der Waals surface area contributed by atoms with Crippen LogP contribution in [0.3, 0.4) is 0 Å². The standard InChI is InChI=1S/C21H34N4O4S/c1-5-6-7-12-29-21(26)19(14-15(2)3)25-30(27,28)13-8-9-17-20-18(10-11-22-17)23-16(4)24-20/h10-11,15,19,25H,5-9,12-14H2,1-4H3,(H,23,24)/t19-/m0/s1. The SMILES string of the molecule is CCCCCOC(=O)[C@H](CC(C)C)NS(=O)(=O)CCCc1nccc2[nH]c(C)nc12. The van der Waals surface area contributed by atoms with Crippen molar-refractivity contribution in [2.24, 2.45) is 5.92 Å². The third-order valence-corrected chi connectivity index (χ3v) is 6.20. The number of aromatic amines is 1. The number of rotatable bonds is 13. The summed E-state index contributed by atoms with van der Waals surface area (Å²) in [6.07, 6.45) is 5.75. The highest BCUT2D eigenvalue weighted by Crippen LogP contribution is 2.16. The minimum atomic E-state index is -3.63. The Bertz CT molecular complexity index is 924. The van der Waals surface area contributed by atoms with E-state index in [1.807, 2.05) is 26.8 Å². The van der Waals surface area contributed by atoms with Crippen LogP contribution in [0.25, 0.3) is 11.0 Å². The summed E-state index contributed by atoms with van der Waals surface area (Å²) < 4.78 is 33.0. The second-order valence-electron chi connectivity index (χ2n) is 8.07. The van der Waals surface area contributed by atoms with Gasteiger partial charge in [-0.15, -0.1) is 0 Å². The maximum absolute atomic E-state index is 12.6. The second-order valence-corrected chi connectivity index (χ2v) is 9.95. The molecule has 0 saturated carbocycles. The van der Waals surface area contributed by atoms with E-state index in [2.05, 4.69) is 26.6 Å². The Morgan fingerprint density at radius 2 is 2.03 bits per heavy atom. The van der Waals surface area contributed by atoms with E-state index in [1.54, 1.807) is 6.20 Å². The monoisotopic (exact) mass is 438 g/mol. The molecule has 0 bridgehead atoms. The summed E-state index contributed by atoms with van der Waals surface area (Å²) in [5.41, 5.74) is 2.43. The molecule has 0 aliphatic carbocycles. The number of imidazole rings is 1. The molecular weight excluding hydrogens is 404 g/mol. The molecule has 2 aromatic heterocycles. The molecule has 0 radical (unpaired) electrons. The topological polar surface area (TPSA) is 114 Å². The van der Waals surface area contributed by atoms with Gasteiger partial charge in [-0.2, -0.15) is 0 Å². The van der Waals surface area contributed by atoms with Gasteiger partial charge in [0.2, 0.25) is 10.0 Å². The summed E-state index contributed by atoms with van der Waals surface area (Å²) in [4.78, 5) is 24.3. The number of unbranched alkanes of at least 4 members (excludes halogenated alkanes) is 2. The van der Waals surface area contributed by atoms with Crippen LogP contribution in [0.5, 0.6) is 0 Å². The molecule has 2 aromatic rings. The fourth-order valence-electron chi connectivity index (χ4n) is 3.29. The molecule has 2 N–H and O–H groups in total. The van der Waals surface area contributed by atoms with Crippen LogP contribution < -0.4 is 4.72 Å². The van der Waals surface area contributed by atoms with Crippen molar-refractivity contribution < 1.29 is 17.9 Å². The van der Waals surface area contributed by atoms with E-state index in [-0.39, 0.29) is 11.7 Å². The zero-order chi connectivity index (χ0) is 22.1. The number of fused-ring (bicyclic) bond motifs is 1. The third kappa shape index (κ3) is 7.68. The summed E-state index contributed by atoms with van der Waals surface area (Å²) in [5, 5.41) is 0.